The van der Waals surface area contributed by atoms with Crippen molar-refractivity contribution >= 4 is 28.8 Å². The molecule has 0 fully saturated rings. The highest BCUT2D eigenvalue weighted by molar-refractivity contribution is 6.46. The molecule has 0 bridgehead atoms. The maximum absolute atomic E-state index is 13.6. The molecule has 4 rings (SSSR count). The first-order valence-electron chi connectivity index (χ1n) is 10.6. The Hall–Kier alpha value is -4.06. The molecule has 0 atom stereocenters. The first-order chi connectivity index (χ1) is 15.8. The van der Waals surface area contributed by atoms with Crippen molar-refractivity contribution in [2.24, 2.45) is 0 Å². The summed E-state index contributed by atoms with van der Waals surface area (Å²) >= 11 is 0. The number of carbonyl (C=O) groups excluding carboxylic acids is 2. The van der Waals surface area contributed by atoms with Gasteiger partial charge >= 0.3 is 0 Å². The number of aryl methyl sites for hydroxylation is 3. The highest BCUT2D eigenvalue weighted by atomic mass is 16.5. The minimum Gasteiger partial charge on any atom is -0.493 e. The van der Waals surface area contributed by atoms with Crippen molar-refractivity contribution in [2.75, 3.05) is 24.4 Å². The Morgan fingerprint density at radius 2 is 1.42 bits per heavy atom. The summed E-state index contributed by atoms with van der Waals surface area (Å²) in [7, 11) is 3.05. The lowest BCUT2D eigenvalue weighted by atomic mass is 10.0. The number of carbonyl (C=O) groups is 2. The highest BCUT2D eigenvalue weighted by Gasteiger charge is 2.40. The Bertz CT molecular complexity index is 1280. The zero-order chi connectivity index (χ0) is 23.7. The third-order valence-corrected chi connectivity index (χ3v) is 5.83. The quantitative estimate of drug-likeness (QED) is 0.543. The Kier molecular flexibility index (Phi) is 5.92. The zero-order valence-electron chi connectivity index (χ0n) is 19.4. The van der Waals surface area contributed by atoms with Crippen molar-refractivity contribution in [3.63, 3.8) is 0 Å². The molecule has 3 aromatic rings. The second-order valence-corrected chi connectivity index (χ2v) is 8.03. The molecular formula is C27H26N2O4. The van der Waals surface area contributed by atoms with Gasteiger partial charge < -0.3 is 14.8 Å². The SMILES string of the molecule is COc1ccc(N2C(=O)C(Nc3ccc(C)c(C)c3)=C(c3ccc(C)cc3)C2=O)cc1OC. The van der Waals surface area contributed by atoms with Gasteiger partial charge in [-0.15, -0.1) is 0 Å². The predicted octanol–water partition coefficient (Wildman–Crippen LogP) is 5.03. The van der Waals surface area contributed by atoms with Crippen molar-refractivity contribution in [3.05, 3.63) is 88.6 Å². The summed E-state index contributed by atoms with van der Waals surface area (Å²) in [4.78, 5) is 28.4. The minimum atomic E-state index is -0.430. The molecule has 0 spiro atoms. The number of methoxy groups -OCH3 is 2. The number of rotatable bonds is 6. The van der Waals surface area contributed by atoms with Crippen LogP contribution in [-0.4, -0.2) is 26.0 Å². The summed E-state index contributed by atoms with van der Waals surface area (Å²) in [6.45, 7) is 6.01. The molecule has 0 unspecified atom stereocenters. The van der Waals surface area contributed by atoms with Crippen LogP contribution in [0.1, 0.15) is 22.3 Å². The lowest BCUT2D eigenvalue weighted by Gasteiger charge is -2.17. The molecule has 0 saturated heterocycles. The standard InChI is InChI=1S/C27H26N2O4/c1-16-6-9-19(10-7-16)24-25(28-20-11-8-17(2)18(3)14-20)27(31)29(26(24)30)21-12-13-22(32-4)23(15-21)33-5/h6-15,28H,1-5H3. The second-order valence-electron chi connectivity index (χ2n) is 8.03. The molecule has 168 valence electrons. The van der Waals surface area contributed by atoms with E-state index in [2.05, 4.69) is 5.32 Å². The second kappa shape index (κ2) is 8.82. The van der Waals surface area contributed by atoms with E-state index in [-0.39, 0.29) is 5.70 Å². The fraction of sp³-hybridized carbons (Fsp3) is 0.185. The molecule has 6 heteroatoms. The highest BCUT2D eigenvalue weighted by Crippen LogP contribution is 2.37. The lowest BCUT2D eigenvalue weighted by molar-refractivity contribution is -0.120. The van der Waals surface area contributed by atoms with E-state index >= 15 is 0 Å². The number of ether oxygens (including phenoxy) is 2. The van der Waals surface area contributed by atoms with E-state index in [0.29, 0.717) is 28.3 Å². The van der Waals surface area contributed by atoms with Gasteiger partial charge in [0.2, 0.25) is 0 Å². The lowest BCUT2D eigenvalue weighted by Crippen LogP contribution is -2.32. The largest absolute Gasteiger partial charge is 0.493 e. The fourth-order valence-corrected chi connectivity index (χ4v) is 3.80. The average molecular weight is 443 g/mol. The van der Waals surface area contributed by atoms with Crippen molar-refractivity contribution < 1.29 is 19.1 Å². The number of hydrogen-bond donors (Lipinski definition) is 1. The molecule has 0 saturated carbocycles. The molecule has 3 aromatic carbocycles. The molecule has 1 N–H and O–H groups in total. The van der Waals surface area contributed by atoms with Crippen LogP contribution < -0.4 is 19.7 Å². The van der Waals surface area contributed by atoms with Gasteiger partial charge in [-0.2, -0.15) is 0 Å². The van der Waals surface area contributed by atoms with E-state index in [1.807, 2.05) is 63.2 Å². The Morgan fingerprint density at radius 3 is 2.06 bits per heavy atom. The minimum absolute atomic E-state index is 0.238. The summed E-state index contributed by atoms with van der Waals surface area (Å²) in [6.07, 6.45) is 0. The summed E-state index contributed by atoms with van der Waals surface area (Å²) in [5.41, 5.74) is 5.69. The molecule has 0 aromatic heterocycles. The first-order valence-corrected chi connectivity index (χ1v) is 10.6. The Morgan fingerprint density at radius 1 is 0.727 bits per heavy atom. The number of nitrogens with zero attached hydrogens (tertiary/aromatic N) is 1. The van der Waals surface area contributed by atoms with Crippen LogP contribution in [0.5, 0.6) is 11.5 Å². The molecule has 33 heavy (non-hydrogen) atoms. The molecule has 2 amide bonds. The van der Waals surface area contributed by atoms with Crippen LogP contribution in [0.2, 0.25) is 0 Å². The summed E-state index contributed by atoms with van der Waals surface area (Å²) in [5.74, 6) is 0.118. The summed E-state index contributed by atoms with van der Waals surface area (Å²) < 4.78 is 10.7. The third kappa shape index (κ3) is 4.07. The van der Waals surface area contributed by atoms with Crippen LogP contribution in [0.25, 0.3) is 5.57 Å². The van der Waals surface area contributed by atoms with Gasteiger partial charge in [0.05, 0.1) is 25.5 Å². The normalized spacial score (nSPS) is 13.5. The van der Waals surface area contributed by atoms with E-state index < -0.39 is 11.8 Å². The Balaban J connectivity index is 1.82. The maximum atomic E-state index is 13.6. The van der Waals surface area contributed by atoms with Crippen LogP contribution in [-0.2, 0) is 9.59 Å². The maximum Gasteiger partial charge on any atom is 0.282 e. The van der Waals surface area contributed by atoms with Crippen molar-refractivity contribution in [3.8, 4) is 11.5 Å². The van der Waals surface area contributed by atoms with Crippen molar-refractivity contribution in [1.82, 2.24) is 0 Å². The van der Waals surface area contributed by atoms with Gasteiger partial charge in [0, 0.05) is 11.8 Å². The van der Waals surface area contributed by atoms with Gasteiger partial charge in [0.15, 0.2) is 11.5 Å². The van der Waals surface area contributed by atoms with E-state index in [4.69, 9.17) is 9.47 Å². The van der Waals surface area contributed by atoms with Gasteiger partial charge in [-0.3, -0.25) is 9.59 Å². The van der Waals surface area contributed by atoms with Crippen LogP contribution >= 0.6 is 0 Å². The topological polar surface area (TPSA) is 67.9 Å². The van der Waals surface area contributed by atoms with Crippen LogP contribution in [0, 0.1) is 20.8 Å². The molecular weight excluding hydrogens is 416 g/mol. The van der Waals surface area contributed by atoms with Gasteiger partial charge in [-0.25, -0.2) is 4.90 Å². The smallest absolute Gasteiger partial charge is 0.282 e. The number of anilines is 2. The first kappa shape index (κ1) is 22.1. The number of nitrogens with one attached hydrogen (secondary N) is 1. The molecule has 0 aliphatic carbocycles. The fourth-order valence-electron chi connectivity index (χ4n) is 3.80. The number of imide groups is 1. The number of benzene rings is 3. The van der Waals surface area contributed by atoms with E-state index in [9.17, 15) is 9.59 Å². The van der Waals surface area contributed by atoms with Gasteiger partial charge in [0.1, 0.15) is 5.70 Å². The molecule has 6 nitrogen and oxygen atoms in total. The van der Waals surface area contributed by atoms with Gasteiger partial charge in [0.25, 0.3) is 11.8 Å². The van der Waals surface area contributed by atoms with E-state index in [0.717, 1.165) is 22.4 Å². The van der Waals surface area contributed by atoms with E-state index in [1.165, 1.54) is 19.1 Å². The molecule has 1 aliphatic heterocycles. The van der Waals surface area contributed by atoms with Crippen molar-refractivity contribution in [1.29, 1.82) is 0 Å². The Labute approximate surface area is 193 Å². The average Bonchev–Trinajstić information content (AvgIpc) is 3.05. The van der Waals surface area contributed by atoms with Gasteiger partial charge in [-0.05, 0) is 61.7 Å². The monoisotopic (exact) mass is 442 g/mol. The van der Waals surface area contributed by atoms with Crippen LogP contribution in [0.4, 0.5) is 11.4 Å². The van der Waals surface area contributed by atoms with Gasteiger partial charge in [-0.1, -0.05) is 35.9 Å². The summed E-state index contributed by atoms with van der Waals surface area (Å²) in [5, 5.41) is 3.21. The number of amides is 2. The molecule has 1 heterocycles. The van der Waals surface area contributed by atoms with Crippen LogP contribution in [0.15, 0.2) is 66.4 Å². The third-order valence-electron chi connectivity index (χ3n) is 5.83. The van der Waals surface area contributed by atoms with Crippen LogP contribution in [0.3, 0.4) is 0 Å². The molecule has 0 radical (unpaired) electrons. The molecule has 1 aliphatic rings. The zero-order valence-corrected chi connectivity index (χ0v) is 19.4. The summed E-state index contributed by atoms with van der Waals surface area (Å²) in [6, 6.07) is 18.4. The van der Waals surface area contributed by atoms with Crippen molar-refractivity contribution in [2.45, 2.75) is 20.8 Å². The predicted molar refractivity (Wildman–Crippen MR) is 130 cm³/mol. The number of hydrogen-bond acceptors (Lipinski definition) is 5. The van der Waals surface area contributed by atoms with E-state index in [1.54, 1.807) is 18.2 Å².